The van der Waals surface area contributed by atoms with Gasteiger partial charge in [-0.1, -0.05) is 66.2 Å². The van der Waals surface area contributed by atoms with Crippen LogP contribution in [0.3, 0.4) is 0 Å². The van der Waals surface area contributed by atoms with Gasteiger partial charge in [-0.15, -0.1) is 0 Å². The number of rotatable bonds is 5. The maximum Gasteiger partial charge on any atom is 0.153 e. The Labute approximate surface area is 146 Å². The fraction of sp³-hybridized carbons (Fsp3) is 0.0952. The van der Waals surface area contributed by atoms with Crippen LogP contribution in [-0.4, -0.2) is 6.29 Å². The highest BCUT2D eigenvalue weighted by Gasteiger charge is 2.17. The summed E-state index contributed by atoms with van der Waals surface area (Å²) < 4.78 is 6.02. The number of ether oxygens (including phenoxy) is 1. The van der Waals surface area contributed by atoms with Crippen LogP contribution in [-0.2, 0) is 6.61 Å². The van der Waals surface area contributed by atoms with Crippen LogP contribution in [0.4, 0.5) is 0 Å². The Morgan fingerprint density at radius 3 is 2.38 bits per heavy atom. The molecule has 3 heteroatoms. The zero-order chi connectivity index (χ0) is 16.9. The molecule has 0 bridgehead atoms. The van der Waals surface area contributed by atoms with Gasteiger partial charge in [0.2, 0.25) is 0 Å². The predicted molar refractivity (Wildman–Crippen MR) is 97.8 cm³/mol. The van der Waals surface area contributed by atoms with Crippen LogP contribution in [0.2, 0.25) is 5.02 Å². The first-order valence-corrected chi connectivity index (χ1v) is 8.09. The number of carbonyl (C=O) groups excluding carboxylic acids is 1. The first kappa shape index (κ1) is 16.3. The highest BCUT2D eigenvalue weighted by Crippen LogP contribution is 2.40. The monoisotopic (exact) mass is 336 g/mol. The van der Waals surface area contributed by atoms with Crippen molar-refractivity contribution in [3.63, 3.8) is 0 Å². The molecule has 24 heavy (non-hydrogen) atoms. The van der Waals surface area contributed by atoms with Crippen molar-refractivity contribution < 1.29 is 9.53 Å². The molecular weight excluding hydrogens is 320 g/mol. The van der Waals surface area contributed by atoms with Gasteiger partial charge >= 0.3 is 0 Å². The molecule has 3 rings (SSSR count). The minimum atomic E-state index is 0.376. The summed E-state index contributed by atoms with van der Waals surface area (Å²) in [7, 11) is 0. The van der Waals surface area contributed by atoms with E-state index in [9.17, 15) is 4.79 Å². The molecule has 0 amide bonds. The second-order valence-electron chi connectivity index (χ2n) is 5.55. The summed E-state index contributed by atoms with van der Waals surface area (Å²) in [5, 5.41) is 0.568. The minimum Gasteiger partial charge on any atom is -0.487 e. The summed E-state index contributed by atoms with van der Waals surface area (Å²) in [4.78, 5) is 11.5. The van der Waals surface area contributed by atoms with Gasteiger partial charge in [0, 0.05) is 5.56 Å². The van der Waals surface area contributed by atoms with E-state index in [1.54, 1.807) is 12.1 Å². The minimum absolute atomic E-state index is 0.376. The molecule has 120 valence electrons. The normalized spacial score (nSPS) is 10.4. The van der Waals surface area contributed by atoms with Gasteiger partial charge in [0.1, 0.15) is 12.4 Å². The van der Waals surface area contributed by atoms with Crippen molar-refractivity contribution in [2.45, 2.75) is 13.5 Å². The summed E-state index contributed by atoms with van der Waals surface area (Å²) in [5.74, 6) is 0.524. The molecule has 0 aliphatic heterocycles. The zero-order valence-electron chi connectivity index (χ0n) is 13.3. The number of aldehydes is 1. The van der Waals surface area contributed by atoms with E-state index < -0.39 is 0 Å². The third-order valence-electron chi connectivity index (χ3n) is 3.90. The quantitative estimate of drug-likeness (QED) is 0.558. The van der Waals surface area contributed by atoms with Gasteiger partial charge in [-0.25, -0.2) is 0 Å². The maximum absolute atomic E-state index is 11.5. The van der Waals surface area contributed by atoms with Crippen molar-refractivity contribution in [3.8, 4) is 16.9 Å². The van der Waals surface area contributed by atoms with Crippen LogP contribution in [0.15, 0.2) is 66.7 Å². The topological polar surface area (TPSA) is 26.3 Å². The third-order valence-corrected chi connectivity index (χ3v) is 4.22. The summed E-state index contributed by atoms with van der Waals surface area (Å²) in [6.45, 7) is 2.39. The van der Waals surface area contributed by atoms with E-state index in [2.05, 4.69) is 0 Å². The Morgan fingerprint density at radius 2 is 1.67 bits per heavy atom. The highest BCUT2D eigenvalue weighted by molar-refractivity contribution is 6.34. The first-order valence-electron chi connectivity index (χ1n) is 7.71. The van der Waals surface area contributed by atoms with Crippen molar-refractivity contribution in [3.05, 3.63) is 88.4 Å². The van der Waals surface area contributed by atoms with Gasteiger partial charge in [-0.05, 0) is 35.7 Å². The second kappa shape index (κ2) is 7.33. The van der Waals surface area contributed by atoms with Crippen LogP contribution in [0.1, 0.15) is 21.5 Å². The Kier molecular flexibility index (Phi) is 4.97. The van der Waals surface area contributed by atoms with E-state index in [1.165, 1.54) is 0 Å². The molecule has 0 saturated heterocycles. The molecule has 3 aromatic rings. The number of carbonyl (C=O) groups is 1. The van der Waals surface area contributed by atoms with E-state index in [1.807, 2.05) is 61.5 Å². The van der Waals surface area contributed by atoms with Gasteiger partial charge in [-0.2, -0.15) is 0 Å². The molecule has 0 aliphatic rings. The maximum atomic E-state index is 11.5. The summed E-state index contributed by atoms with van der Waals surface area (Å²) in [6, 6.07) is 21.2. The molecule has 0 atom stereocenters. The van der Waals surface area contributed by atoms with Gasteiger partial charge in [-0.3, -0.25) is 4.79 Å². The van der Waals surface area contributed by atoms with Crippen LogP contribution in [0.5, 0.6) is 5.75 Å². The largest absolute Gasteiger partial charge is 0.487 e. The lowest BCUT2D eigenvalue weighted by atomic mass is 9.97. The Hall–Kier alpha value is -2.58. The van der Waals surface area contributed by atoms with Crippen molar-refractivity contribution in [2.24, 2.45) is 0 Å². The number of aryl methyl sites for hydroxylation is 1. The molecule has 0 N–H and O–H groups in total. The van der Waals surface area contributed by atoms with Gasteiger partial charge in [0.05, 0.1) is 10.6 Å². The molecule has 0 fully saturated rings. The Bertz CT molecular complexity index is 857. The fourth-order valence-corrected chi connectivity index (χ4v) is 2.91. The average molecular weight is 337 g/mol. The van der Waals surface area contributed by atoms with Gasteiger partial charge in [0.25, 0.3) is 0 Å². The lowest BCUT2D eigenvalue weighted by molar-refractivity contribution is 0.111. The molecule has 3 aromatic carbocycles. The zero-order valence-corrected chi connectivity index (χ0v) is 14.1. The molecule has 0 aliphatic carbocycles. The smallest absolute Gasteiger partial charge is 0.153 e. The molecule has 2 nitrogen and oxygen atoms in total. The molecule has 0 spiro atoms. The third kappa shape index (κ3) is 3.34. The SMILES string of the molecule is Cc1ccccc1-c1c(Cl)ccc(C=O)c1OCc1ccccc1. The Morgan fingerprint density at radius 1 is 0.958 bits per heavy atom. The van der Waals surface area contributed by atoms with Crippen molar-refractivity contribution in [1.29, 1.82) is 0 Å². The number of hydrogen-bond acceptors (Lipinski definition) is 2. The standard InChI is InChI=1S/C21H17ClO2/c1-15-7-5-6-10-18(15)20-19(22)12-11-17(13-23)21(20)24-14-16-8-3-2-4-9-16/h2-13H,14H2,1H3. The second-order valence-corrected chi connectivity index (χ2v) is 5.95. The van der Waals surface area contributed by atoms with E-state index in [4.69, 9.17) is 16.3 Å². The number of hydrogen-bond donors (Lipinski definition) is 0. The van der Waals surface area contributed by atoms with E-state index in [0.717, 1.165) is 28.5 Å². The predicted octanol–water partition coefficient (Wildman–Crippen LogP) is 5.71. The summed E-state index contributed by atoms with van der Waals surface area (Å²) in [5.41, 5.74) is 4.33. The summed E-state index contributed by atoms with van der Waals surface area (Å²) >= 11 is 6.45. The van der Waals surface area contributed by atoms with Crippen LogP contribution < -0.4 is 4.74 Å². The lowest BCUT2D eigenvalue weighted by Crippen LogP contribution is -2.01. The number of halogens is 1. The van der Waals surface area contributed by atoms with Crippen LogP contribution in [0.25, 0.3) is 11.1 Å². The molecule has 0 heterocycles. The molecule has 0 unspecified atom stereocenters. The van der Waals surface area contributed by atoms with E-state index in [0.29, 0.717) is 22.9 Å². The van der Waals surface area contributed by atoms with Gasteiger partial charge in [0.15, 0.2) is 6.29 Å². The lowest BCUT2D eigenvalue weighted by Gasteiger charge is -2.17. The number of benzene rings is 3. The van der Waals surface area contributed by atoms with Crippen LogP contribution in [0, 0.1) is 6.92 Å². The van der Waals surface area contributed by atoms with Crippen molar-refractivity contribution in [2.75, 3.05) is 0 Å². The van der Waals surface area contributed by atoms with Crippen molar-refractivity contribution in [1.82, 2.24) is 0 Å². The molecule has 0 radical (unpaired) electrons. The molecule has 0 aromatic heterocycles. The van der Waals surface area contributed by atoms with E-state index in [-0.39, 0.29) is 0 Å². The fourth-order valence-electron chi connectivity index (χ4n) is 2.66. The Balaban J connectivity index is 2.08. The van der Waals surface area contributed by atoms with E-state index >= 15 is 0 Å². The van der Waals surface area contributed by atoms with Crippen molar-refractivity contribution >= 4 is 17.9 Å². The molecule has 0 saturated carbocycles. The van der Waals surface area contributed by atoms with Gasteiger partial charge < -0.3 is 4.74 Å². The first-order chi connectivity index (χ1) is 11.7. The van der Waals surface area contributed by atoms with Crippen LogP contribution >= 0.6 is 11.6 Å². The highest BCUT2D eigenvalue weighted by atomic mass is 35.5. The summed E-state index contributed by atoms with van der Waals surface area (Å²) in [6.07, 6.45) is 0.804. The molecular formula is C21H17ClO2. The average Bonchev–Trinajstić information content (AvgIpc) is 2.62.